The van der Waals surface area contributed by atoms with Gasteiger partial charge >= 0.3 is 188 Å². The molecule has 9 heteroatoms. The van der Waals surface area contributed by atoms with Crippen molar-refractivity contribution in [2.24, 2.45) is 23.5 Å². The van der Waals surface area contributed by atoms with Gasteiger partial charge in [0.05, 0.1) is 0 Å². The quantitative estimate of drug-likeness (QED) is 0.223. The van der Waals surface area contributed by atoms with Crippen LogP contribution in [-0.4, -0.2) is 66.7 Å². The Morgan fingerprint density at radius 2 is 1.77 bits per heavy atom. The van der Waals surface area contributed by atoms with Crippen LogP contribution in [0.5, 0.6) is 0 Å². The number of rotatable bonds is 13. The molecule has 0 heterocycles. The van der Waals surface area contributed by atoms with Gasteiger partial charge in [0.15, 0.2) is 0 Å². The zero-order valence-corrected chi connectivity index (χ0v) is 22.0. The minimum absolute atomic E-state index is 0.0273. The van der Waals surface area contributed by atoms with Crippen LogP contribution in [0.3, 0.4) is 0 Å². The van der Waals surface area contributed by atoms with Crippen LogP contribution < -0.4 is 11.1 Å². The first-order valence-corrected chi connectivity index (χ1v) is 15.8. The van der Waals surface area contributed by atoms with E-state index in [4.69, 9.17) is 5.73 Å². The number of nitrogens with two attached hydrogens (primary N) is 1. The molecule has 1 rings (SSSR count). The Kier molecular flexibility index (Phi) is 12.4. The van der Waals surface area contributed by atoms with Crippen LogP contribution in [0.4, 0.5) is 0 Å². The second kappa shape index (κ2) is 13.4. The van der Waals surface area contributed by atoms with Crippen molar-refractivity contribution in [3.8, 4) is 0 Å². The average Bonchev–Trinajstić information content (AvgIpc) is 2.64. The van der Waals surface area contributed by atoms with E-state index in [0.29, 0.717) is 6.42 Å². The van der Waals surface area contributed by atoms with Crippen molar-refractivity contribution in [3.05, 3.63) is 0 Å². The Hall–Kier alpha value is -0.192. The Balaban J connectivity index is 2.55. The first kappa shape index (κ1) is 27.8. The van der Waals surface area contributed by atoms with Crippen LogP contribution in [0.25, 0.3) is 0 Å². The number of aliphatic hydroxyl groups excluding tert-OH is 1. The van der Waals surface area contributed by atoms with E-state index in [2.05, 4.69) is 5.32 Å². The molecule has 30 heavy (non-hydrogen) atoms. The summed E-state index contributed by atoms with van der Waals surface area (Å²) in [6.07, 6.45) is 5.10. The van der Waals surface area contributed by atoms with Gasteiger partial charge in [-0.15, -0.1) is 0 Å². The molecule has 1 saturated carbocycles. The number of hydrogen-bond donors (Lipinski definition) is 4. The molecule has 1 fully saturated rings. The van der Waals surface area contributed by atoms with Crippen molar-refractivity contribution in [3.63, 3.8) is 0 Å². The fourth-order valence-corrected chi connectivity index (χ4v) is 8.61. The molecule has 0 aromatic heterocycles. The zero-order chi connectivity index (χ0) is 22.9. The molecule has 1 aliphatic rings. The zero-order valence-electron chi connectivity index (χ0n) is 19.0. The van der Waals surface area contributed by atoms with Gasteiger partial charge in [-0.25, -0.2) is 0 Å². The van der Waals surface area contributed by atoms with E-state index in [9.17, 15) is 24.2 Å². The van der Waals surface area contributed by atoms with E-state index in [1.54, 1.807) is 0 Å². The van der Waals surface area contributed by atoms with Gasteiger partial charge in [0.2, 0.25) is 0 Å². The SMILES string of the molecule is CC(C)CC(NC(=O)C(N)C(C)C)C(=O)[AsH]CC(O)CP(=O)(O)CC1CCCCC1. The molecule has 5 N–H and O–H groups in total. The topological polar surface area (TPSA) is 130 Å². The number of aliphatic hydroxyl groups is 1. The number of nitrogens with one attached hydrogen (secondary N) is 1. The fourth-order valence-electron chi connectivity index (χ4n) is 3.86. The van der Waals surface area contributed by atoms with E-state index in [1.807, 2.05) is 27.7 Å². The summed E-state index contributed by atoms with van der Waals surface area (Å²) in [5.41, 5.74) is 5.90. The minimum atomic E-state index is -3.40. The fraction of sp³-hybridized carbons (Fsp3) is 0.905. The number of carbonyl (C=O) groups is 2. The summed E-state index contributed by atoms with van der Waals surface area (Å²) in [6, 6.07) is -1.27. The summed E-state index contributed by atoms with van der Waals surface area (Å²) in [6.45, 7) is 7.68. The van der Waals surface area contributed by atoms with Gasteiger partial charge in [-0.05, 0) is 0 Å². The molecule has 176 valence electrons. The van der Waals surface area contributed by atoms with Crippen LogP contribution in [0, 0.1) is 17.8 Å². The molecule has 5 unspecified atom stereocenters. The van der Waals surface area contributed by atoms with Gasteiger partial charge in [0, 0.05) is 0 Å². The predicted octanol–water partition coefficient (Wildman–Crippen LogP) is 2.09. The van der Waals surface area contributed by atoms with Crippen molar-refractivity contribution in [1.29, 1.82) is 0 Å². The van der Waals surface area contributed by atoms with Gasteiger partial charge < -0.3 is 0 Å². The predicted molar refractivity (Wildman–Crippen MR) is 123 cm³/mol. The molecule has 0 spiro atoms. The van der Waals surface area contributed by atoms with Gasteiger partial charge in [-0.2, -0.15) is 0 Å². The van der Waals surface area contributed by atoms with Crippen molar-refractivity contribution in [2.75, 3.05) is 12.3 Å². The van der Waals surface area contributed by atoms with Crippen molar-refractivity contribution in [1.82, 2.24) is 5.32 Å². The van der Waals surface area contributed by atoms with Crippen LogP contribution in [-0.2, 0) is 14.2 Å². The average molecular weight is 508 g/mol. The summed E-state index contributed by atoms with van der Waals surface area (Å²) in [4.78, 5) is 35.4. The number of carbonyl (C=O) groups excluding carboxylic acids is 2. The summed E-state index contributed by atoms with van der Waals surface area (Å²) in [7, 11) is -3.40. The normalized spacial score (nSPS) is 21.0. The van der Waals surface area contributed by atoms with E-state index < -0.39 is 41.3 Å². The maximum atomic E-state index is 12.8. The third-order valence-corrected chi connectivity index (χ3v) is 10.6. The van der Waals surface area contributed by atoms with Crippen molar-refractivity contribution in [2.45, 2.75) is 89.6 Å². The van der Waals surface area contributed by atoms with Crippen molar-refractivity contribution < 1.29 is 24.2 Å². The Labute approximate surface area is 188 Å². The van der Waals surface area contributed by atoms with E-state index in [0.717, 1.165) is 25.7 Å². The molecule has 0 aliphatic heterocycles. The molecule has 1 amide bonds. The monoisotopic (exact) mass is 508 g/mol. The summed E-state index contributed by atoms with van der Waals surface area (Å²) < 4.78 is 12.5. The Bertz CT molecular complexity index is 596. The Morgan fingerprint density at radius 1 is 1.17 bits per heavy atom. The molecule has 0 bridgehead atoms. The molecule has 0 aromatic carbocycles. The van der Waals surface area contributed by atoms with Gasteiger partial charge in [0.1, 0.15) is 0 Å². The third-order valence-electron chi connectivity index (χ3n) is 5.64. The summed E-state index contributed by atoms with van der Waals surface area (Å²) >= 11 is -1.22. The first-order valence-electron chi connectivity index (χ1n) is 11.2. The Morgan fingerprint density at radius 3 is 2.30 bits per heavy atom. The number of hydrogen-bond acceptors (Lipinski definition) is 5. The summed E-state index contributed by atoms with van der Waals surface area (Å²) in [5, 5.41) is 13.3. The molecule has 1 aliphatic carbocycles. The molecule has 0 radical (unpaired) electrons. The van der Waals surface area contributed by atoms with Crippen LogP contribution in [0.15, 0.2) is 0 Å². The van der Waals surface area contributed by atoms with E-state index >= 15 is 0 Å². The van der Waals surface area contributed by atoms with Gasteiger partial charge in [0.25, 0.3) is 0 Å². The number of amides is 1. The summed E-state index contributed by atoms with van der Waals surface area (Å²) in [5.74, 6) is 0.137. The second-order valence-corrected chi connectivity index (χ2v) is 14.6. The van der Waals surface area contributed by atoms with Gasteiger partial charge in [-0.3, -0.25) is 0 Å². The molecule has 0 aromatic rings. The third kappa shape index (κ3) is 10.9. The standard InChI is InChI=1S/C21H42AsN2O5P/c1-14(2)10-18(24-21(27)19(23)15(3)4)20(26)22-11-17(25)13-30(28,29)12-16-8-6-5-7-9-16/h14-19,22,25H,5-13,23H2,1-4H3,(H,24,27)(H,28,29). The van der Waals surface area contributed by atoms with E-state index in [1.165, 1.54) is 6.42 Å². The van der Waals surface area contributed by atoms with Gasteiger partial charge in [-0.1, -0.05) is 0 Å². The molecule has 7 nitrogen and oxygen atoms in total. The van der Waals surface area contributed by atoms with Crippen LogP contribution in [0.1, 0.15) is 66.2 Å². The first-order chi connectivity index (χ1) is 13.9. The van der Waals surface area contributed by atoms with Crippen LogP contribution >= 0.6 is 7.37 Å². The molecule has 5 atom stereocenters. The molecular formula is C21H42AsN2O5P. The molecule has 0 saturated heterocycles. The second-order valence-electron chi connectivity index (χ2n) is 9.57. The molecular weight excluding hydrogens is 466 g/mol. The van der Waals surface area contributed by atoms with Crippen LogP contribution in [0.2, 0.25) is 5.21 Å². The maximum absolute atomic E-state index is 12.8. The van der Waals surface area contributed by atoms with Crippen molar-refractivity contribution >= 4 is 33.6 Å². The van der Waals surface area contributed by atoms with E-state index in [-0.39, 0.29) is 45.8 Å².